The Morgan fingerprint density at radius 1 is 1.16 bits per heavy atom. The molecular formula is C22H24O3. The van der Waals surface area contributed by atoms with Gasteiger partial charge in [-0.1, -0.05) is 61.0 Å². The van der Waals surface area contributed by atoms with E-state index in [4.69, 9.17) is 4.74 Å². The Hall–Kier alpha value is -2.42. The predicted molar refractivity (Wildman–Crippen MR) is 100 cm³/mol. The monoisotopic (exact) mass is 336 g/mol. The molecule has 1 aliphatic rings. The first-order valence-electron chi connectivity index (χ1n) is 9.02. The number of benzene rings is 2. The van der Waals surface area contributed by atoms with Gasteiger partial charge in [0, 0.05) is 6.42 Å². The van der Waals surface area contributed by atoms with Crippen molar-refractivity contribution >= 4 is 28.6 Å². The van der Waals surface area contributed by atoms with E-state index >= 15 is 0 Å². The summed E-state index contributed by atoms with van der Waals surface area (Å²) in [4.78, 5) is 25.1. The topological polar surface area (TPSA) is 43.4 Å². The summed E-state index contributed by atoms with van der Waals surface area (Å²) in [6, 6.07) is 14.4. The van der Waals surface area contributed by atoms with Gasteiger partial charge >= 0.3 is 5.97 Å². The largest absolute Gasteiger partial charge is 0.465 e. The second-order valence-corrected chi connectivity index (χ2v) is 6.61. The van der Waals surface area contributed by atoms with Gasteiger partial charge in [0.05, 0.1) is 6.61 Å². The van der Waals surface area contributed by atoms with E-state index < -0.39 is 5.41 Å². The second-order valence-electron chi connectivity index (χ2n) is 6.61. The van der Waals surface area contributed by atoms with E-state index in [1.54, 1.807) is 6.92 Å². The number of carbonyl (C=O) groups is 2. The number of hydrogen-bond donors (Lipinski definition) is 0. The molecule has 0 bridgehead atoms. The second kappa shape index (κ2) is 7.64. The van der Waals surface area contributed by atoms with Crippen LogP contribution in [0.4, 0.5) is 0 Å². The molecule has 1 saturated carbocycles. The van der Waals surface area contributed by atoms with Crippen LogP contribution >= 0.6 is 0 Å². The van der Waals surface area contributed by atoms with Crippen molar-refractivity contribution in [3.63, 3.8) is 0 Å². The van der Waals surface area contributed by atoms with Gasteiger partial charge in [-0.3, -0.25) is 9.59 Å². The molecule has 2 aromatic carbocycles. The molecule has 1 atom stereocenters. The number of allylic oxidation sites excluding steroid dienone is 1. The van der Waals surface area contributed by atoms with Gasteiger partial charge in [0.15, 0.2) is 0 Å². The average molecular weight is 336 g/mol. The van der Waals surface area contributed by atoms with Gasteiger partial charge in [-0.25, -0.2) is 0 Å². The SMILES string of the molecule is CCOC(=O)[C@]1(C/C=C/c2cccc3ccccc23)CCCCC1=O. The van der Waals surface area contributed by atoms with Crippen LogP contribution in [0.2, 0.25) is 0 Å². The number of fused-ring (bicyclic) bond motifs is 1. The summed E-state index contributed by atoms with van der Waals surface area (Å²) < 4.78 is 5.23. The van der Waals surface area contributed by atoms with Gasteiger partial charge in [0.25, 0.3) is 0 Å². The van der Waals surface area contributed by atoms with E-state index in [-0.39, 0.29) is 11.8 Å². The Balaban J connectivity index is 1.86. The molecule has 3 nitrogen and oxygen atoms in total. The Labute approximate surface area is 148 Å². The molecule has 0 aliphatic heterocycles. The minimum atomic E-state index is -0.991. The first-order chi connectivity index (χ1) is 12.2. The fraction of sp³-hybridized carbons (Fsp3) is 0.364. The summed E-state index contributed by atoms with van der Waals surface area (Å²) in [5.74, 6) is -0.331. The summed E-state index contributed by atoms with van der Waals surface area (Å²) in [5.41, 5.74) is 0.107. The maximum absolute atomic E-state index is 12.6. The van der Waals surface area contributed by atoms with E-state index in [1.165, 1.54) is 10.8 Å². The van der Waals surface area contributed by atoms with Crippen molar-refractivity contribution in [2.24, 2.45) is 5.41 Å². The van der Waals surface area contributed by atoms with Crippen LogP contribution in [0.5, 0.6) is 0 Å². The number of hydrogen-bond acceptors (Lipinski definition) is 3. The summed E-state index contributed by atoms with van der Waals surface area (Å²) in [5, 5.41) is 2.35. The van der Waals surface area contributed by atoms with Crippen molar-refractivity contribution in [2.75, 3.05) is 6.61 Å². The van der Waals surface area contributed by atoms with Crippen LogP contribution in [0, 0.1) is 5.41 Å². The maximum Gasteiger partial charge on any atom is 0.319 e. The van der Waals surface area contributed by atoms with Crippen molar-refractivity contribution in [3.05, 3.63) is 54.1 Å². The van der Waals surface area contributed by atoms with Crippen LogP contribution in [0.15, 0.2) is 48.5 Å². The van der Waals surface area contributed by atoms with Crippen molar-refractivity contribution in [1.82, 2.24) is 0 Å². The predicted octanol–water partition coefficient (Wildman–Crippen LogP) is 4.94. The minimum absolute atomic E-state index is 0.0276. The summed E-state index contributed by atoms with van der Waals surface area (Å²) in [6.45, 7) is 2.09. The van der Waals surface area contributed by atoms with Gasteiger partial charge < -0.3 is 4.74 Å². The van der Waals surface area contributed by atoms with Crippen LogP contribution in [-0.2, 0) is 14.3 Å². The molecule has 0 amide bonds. The molecule has 0 N–H and O–H groups in total. The van der Waals surface area contributed by atoms with Crippen LogP contribution in [-0.4, -0.2) is 18.4 Å². The normalized spacial score (nSPS) is 20.9. The standard InChI is InChI=1S/C22H24O3/c1-2-25-21(24)22(15-6-5-14-20(22)23)16-8-12-18-11-7-10-17-9-3-4-13-19(17)18/h3-4,7-13H,2,5-6,14-16H2,1H3/b12-8+/t22-/m0/s1. The molecule has 130 valence electrons. The molecule has 0 saturated heterocycles. The Kier molecular flexibility index (Phi) is 5.32. The number of Topliss-reactive ketones (excluding diaryl/α,β-unsaturated/α-hetero) is 1. The number of rotatable bonds is 5. The van der Waals surface area contributed by atoms with E-state index in [1.807, 2.05) is 30.4 Å². The van der Waals surface area contributed by atoms with Gasteiger partial charge in [-0.15, -0.1) is 0 Å². The minimum Gasteiger partial charge on any atom is -0.465 e. The van der Waals surface area contributed by atoms with E-state index in [0.29, 0.717) is 25.9 Å². The molecule has 0 heterocycles. The molecule has 2 aromatic rings. The maximum atomic E-state index is 12.6. The molecule has 0 radical (unpaired) electrons. The van der Waals surface area contributed by atoms with Crippen LogP contribution in [0.1, 0.15) is 44.6 Å². The Morgan fingerprint density at radius 2 is 1.96 bits per heavy atom. The summed E-state index contributed by atoms with van der Waals surface area (Å²) >= 11 is 0. The molecule has 25 heavy (non-hydrogen) atoms. The quantitative estimate of drug-likeness (QED) is 0.574. The molecule has 0 unspecified atom stereocenters. The lowest BCUT2D eigenvalue weighted by molar-refractivity contribution is -0.162. The van der Waals surface area contributed by atoms with Crippen molar-refractivity contribution in [3.8, 4) is 0 Å². The lowest BCUT2D eigenvalue weighted by Crippen LogP contribution is -2.42. The van der Waals surface area contributed by atoms with Crippen LogP contribution < -0.4 is 0 Å². The number of ketones is 1. The highest BCUT2D eigenvalue weighted by Crippen LogP contribution is 2.38. The third-order valence-electron chi connectivity index (χ3n) is 5.04. The Bertz CT molecular complexity index is 801. The highest BCUT2D eigenvalue weighted by Gasteiger charge is 2.46. The highest BCUT2D eigenvalue weighted by molar-refractivity contribution is 6.04. The third kappa shape index (κ3) is 3.51. The zero-order valence-corrected chi connectivity index (χ0v) is 14.7. The highest BCUT2D eigenvalue weighted by atomic mass is 16.5. The number of carbonyl (C=O) groups excluding carboxylic acids is 2. The van der Waals surface area contributed by atoms with Crippen LogP contribution in [0.25, 0.3) is 16.8 Å². The van der Waals surface area contributed by atoms with E-state index in [9.17, 15) is 9.59 Å². The first-order valence-corrected chi connectivity index (χ1v) is 9.02. The zero-order valence-electron chi connectivity index (χ0n) is 14.7. The number of esters is 1. The summed E-state index contributed by atoms with van der Waals surface area (Å²) in [7, 11) is 0. The van der Waals surface area contributed by atoms with Gasteiger partial charge in [0.2, 0.25) is 0 Å². The Morgan fingerprint density at radius 3 is 2.76 bits per heavy atom. The van der Waals surface area contributed by atoms with Crippen molar-refractivity contribution in [2.45, 2.75) is 39.0 Å². The third-order valence-corrected chi connectivity index (χ3v) is 5.04. The van der Waals surface area contributed by atoms with Crippen molar-refractivity contribution in [1.29, 1.82) is 0 Å². The molecule has 0 spiro atoms. The molecule has 1 aliphatic carbocycles. The fourth-order valence-corrected chi connectivity index (χ4v) is 3.66. The zero-order chi connectivity index (χ0) is 17.7. The number of ether oxygens (including phenoxy) is 1. The molecular weight excluding hydrogens is 312 g/mol. The smallest absolute Gasteiger partial charge is 0.319 e. The first kappa shape index (κ1) is 17.4. The fourth-order valence-electron chi connectivity index (χ4n) is 3.66. The lowest BCUT2D eigenvalue weighted by Gasteiger charge is -2.32. The van der Waals surface area contributed by atoms with E-state index in [2.05, 4.69) is 24.3 Å². The van der Waals surface area contributed by atoms with E-state index in [0.717, 1.165) is 18.4 Å². The molecule has 3 rings (SSSR count). The molecule has 0 aromatic heterocycles. The van der Waals surface area contributed by atoms with Gasteiger partial charge in [-0.05, 0) is 42.5 Å². The lowest BCUT2D eigenvalue weighted by atomic mass is 9.70. The molecule has 3 heteroatoms. The summed E-state index contributed by atoms with van der Waals surface area (Å²) in [6.07, 6.45) is 7.21. The van der Waals surface area contributed by atoms with Crippen molar-refractivity contribution < 1.29 is 14.3 Å². The van der Waals surface area contributed by atoms with Gasteiger partial charge in [0.1, 0.15) is 11.2 Å². The van der Waals surface area contributed by atoms with Gasteiger partial charge in [-0.2, -0.15) is 0 Å². The average Bonchev–Trinajstić information content (AvgIpc) is 2.64. The van der Waals surface area contributed by atoms with Crippen LogP contribution in [0.3, 0.4) is 0 Å². The molecule has 1 fully saturated rings.